The lowest BCUT2D eigenvalue weighted by Gasteiger charge is -2.04. The van der Waals surface area contributed by atoms with E-state index in [9.17, 15) is 9.59 Å². The molecule has 1 amide bonds. The zero-order valence-corrected chi connectivity index (χ0v) is 15.0. The van der Waals surface area contributed by atoms with Gasteiger partial charge in [0.25, 0.3) is 0 Å². The van der Waals surface area contributed by atoms with Crippen LogP contribution in [0.3, 0.4) is 0 Å². The zero-order valence-electron chi connectivity index (χ0n) is 13.4. The van der Waals surface area contributed by atoms with Gasteiger partial charge in [-0.2, -0.15) is 0 Å². The molecule has 0 unspecified atom stereocenters. The summed E-state index contributed by atoms with van der Waals surface area (Å²) < 4.78 is 0. The second kappa shape index (κ2) is 16.2. The number of unbranched alkanes of at least 4 members (excludes halogenated alkanes) is 2. The van der Waals surface area contributed by atoms with Gasteiger partial charge in [0, 0.05) is 30.9 Å². The van der Waals surface area contributed by atoms with Crippen LogP contribution in [-0.4, -0.2) is 42.8 Å². The fraction of sp³-hybridized carbons (Fsp3) is 0.867. The molecule has 0 aromatic carbocycles. The third-order valence-corrected chi connectivity index (χ3v) is 5.25. The SMILES string of the molecule is CCCCNCC(=O)CCSSCCC(=O)NCCCC. The first-order valence-electron chi connectivity index (χ1n) is 7.94. The van der Waals surface area contributed by atoms with Crippen LogP contribution in [-0.2, 0) is 9.59 Å². The van der Waals surface area contributed by atoms with Crippen molar-refractivity contribution >= 4 is 33.3 Å². The van der Waals surface area contributed by atoms with E-state index in [1.807, 2.05) is 0 Å². The summed E-state index contributed by atoms with van der Waals surface area (Å²) in [6.45, 7) is 6.45. The van der Waals surface area contributed by atoms with Crippen molar-refractivity contribution in [1.29, 1.82) is 0 Å². The molecule has 124 valence electrons. The molecular weight excluding hydrogens is 304 g/mol. The van der Waals surface area contributed by atoms with Crippen LogP contribution in [0.4, 0.5) is 0 Å². The summed E-state index contributed by atoms with van der Waals surface area (Å²) in [7, 11) is 3.36. The lowest BCUT2D eigenvalue weighted by atomic mass is 10.3. The minimum atomic E-state index is 0.132. The van der Waals surface area contributed by atoms with Gasteiger partial charge in [-0.1, -0.05) is 48.3 Å². The molecule has 0 heterocycles. The maximum atomic E-state index is 11.5. The second-order valence-corrected chi connectivity index (χ2v) is 7.62. The average molecular weight is 335 g/mol. The van der Waals surface area contributed by atoms with Crippen molar-refractivity contribution in [1.82, 2.24) is 10.6 Å². The van der Waals surface area contributed by atoms with Crippen molar-refractivity contribution in [3.05, 3.63) is 0 Å². The van der Waals surface area contributed by atoms with E-state index in [0.717, 1.165) is 50.3 Å². The Morgan fingerprint density at radius 2 is 1.52 bits per heavy atom. The summed E-state index contributed by atoms with van der Waals surface area (Å²) in [5, 5.41) is 6.06. The van der Waals surface area contributed by atoms with E-state index in [4.69, 9.17) is 0 Å². The first-order chi connectivity index (χ1) is 10.2. The van der Waals surface area contributed by atoms with E-state index < -0.39 is 0 Å². The number of amides is 1. The summed E-state index contributed by atoms with van der Waals surface area (Å²) in [5.74, 6) is 2.05. The highest BCUT2D eigenvalue weighted by molar-refractivity contribution is 8.76. The molecule has 2 N–H and O–H groups in total. The highest BCUT2D eigenvalue weighted by Crippen LogP contribution is 2.22. The molecule has 0 saturated heterocycles. The number of rotatable bonds is 15. The zero-order chi connectivity index (χ0) is 15.8. The molecule has 0 aliphatic heterocycles. The van der Waals surface area contributed by atoms with Gasteiger partial charge >= 0.3 is 0 Å². The number of ketones is 1. The van der Waals surface area contributed by atoms with Crippen molar-refractivity contribution in [3.63, 3.8) is 0 Å². The first-order valence-corrected chi connectivity index (χ1v) is 10.4. The van der Waals surface area contributed by atoms with Crippen LogP contribution in [0.15, 0.2) is 0 Å². The molecule has 0 atom stereocenters. The topological polar surface area (TPSA) is 58.2 Å². The first kappa shape index (κ1) is 20.8. The Hall–Kier alpha value is -0.200. The fourth-order valence-electron chi connectivity index (χ4n) is 1.52. The molecule has 4 nitrogen and oxygen atoms in total. The van der Waals surface area contributed by atoms with Crippen molar-refractivity contribution in [3.8, 4) is 0 Å². The number of hydrogen-bond donors (Lipinski definition) is 2. The number of carbonyl (C=O) groups is 2. The highest BCUT2D eigenvalue weighted by atomic mass is 33.1. The van der Waals surface area contributed by atoms with Gasteiger partial charge < -0.3 is 10.6 Å². The summed E-state index contributed by atoms with van der Waals surface area (Å²) in [4.78, 5) is 23.0. The van der Waals surface area contributed by atoms with Crippen LogP contribution in [0, 0.1) is 0 Å². The van der Waals surface area contributed by atoms with Crippen molar-refractivity contribution in [2.45, 2.75) is 52.4 Å². The lowest BCUT2D eigenvalue weighted by Crippen LogP contribution is -2.24. The molecule has 0 spiro atoms. The van der Waals surface area contributed by atoms with E-state index >= 15 is 0 Å². The Morgan fingerprint density at radius 3 is 2.19 bits per heavy atom. The van der Waals surface area contributed by atoms with Crippen molar-refractivity contribution in [2.24, 2.45) is 0 Å². The van der Waals surface area contributed by atoms with E-state index in [1.165, 1.54) is 0 Å². The van der Waals surface area contributed by atoms with Crippen LogP contribution in [0.1, 0.15) is 52.4 Å². The lowest BCUT2D eigenvalue weighted by molar-refractivity contribution is -0.120. The number of carbonyl (C=O) groups excluding carboxylic acids is 2. The molecule has 0 saturated carbocycles. The van der Waals surface area contributed by atoms with E-state index in [0.29, 0.717) is 19.4 Å². The van der Waals surface area contributed by atoms with E-state index in [1.54, 1.807) is 21.6 Å². The maximum absolute atomic E-state index is 11.5. The second-order valence-electron chi connectivity index (χ2n) is 4.92. The molecule has 0 aliphatic carbocycles. The quantitative estimate of drug-likeness (QED) is 0.356. The third kappa shape index (κ3) is 16.0. The Morgan fingerprint density at radius 1 is 0.905 bits per heavy atom. The monoisotopic (exact) mass is 334 g/mol. The van der Waals surface area contributed by atoms with Crippen LogP contribution < -0.4 is 10.6 Å². The molecule has 6 heteroatoms. The standard InChI is InChI=1S/C15H30N2O2S2/c1-3-5-9-16-13-14(18)7-11-20-21-12-8-15(19)17-10-6-4-2/h16H,3-13H2,1-2H3,(H,17,19). The normalized spacial score (nSPS) is 10.6. The number of hydrogen-bond acceptors (Lipinski definition) is 5. The van der Waals surface area contributed by atoms with Crippen LogP contribution in [0.5, 0.6) is 0 Å². The number of nitrogens with one attached hydrogen (secondary N) is 2. The Bertz CT molecular complexity index is 276. The molecule has 0 radical (unpaired) electrons. The molecule has 0 aromatic rings. The molecular formula is C15H30N2O2S2. The van der Waals surface area contributed by atoms with Crippen LogP contribution >= 0.6 is 21.6 Å². The molecule has 21 heavy (non-hydrogen) atoms. The molecule has 0 aromatic heterocycles. The van der Waals surface area contributed by atoms with Crippen LogP contribution in [0.25, 0.3) is 0 Å². The average Bonchev–Trinajstić information content (AvgIpc) is 2.47. The van der Waals surface area contributed by atoms with Crippen molar-refractivity contribution in [2.75, 3.05) is 31.1 Å². The predicted molar refractivity (Wildman–Crippen MR) is 94.9 cm³/mol. The highest BCUT2D eigenvalue weighted by Gasteiger charge is 2.03. The largest absolute Gasteiger partial charge is 0.356 e. The van der Waals surface area contributed by atoms with Crippen LogP contribution in [0.2, 0.25) is 0 Å². The fourth-order valence-corrected chi connectivity index (χ4v) is 3.54. The molecule has 0 aliphatic rings. The third-order valence-electron chi connectivity index (χ3n) is 2.84. The van der Waals surface area contributed by atoms with Gasteiger partial charge in [-0.15, -0.1) is 0 Å². The Kier molecular flexibility index (Phi) is 16.0. The van der Waals surface area contributed by atoms with E-state index in [2.05, 4.69) is 24.5 Å². The van der Waals surface area contributed by atoms with Gasteiger partial charge in [-0.25, -0.2) is 0 Å². The van der Waals surface area contributed by atoms with Crippen molar-refractivity contribution < 1.29 is 9.59 Å². The summed E-state index contributed by atoms with van der Waals surface area (Å²) in [6.07, 6.45) is 5.60. The summed E-state index contributed by atoms with van der Waals surface area (Å²) >= 11 is 0. The predicted octanol–water partition coefficient (Wildman–Crippen LogP) is 3.02. The van der Waals surface area contributed by atoms with Gasteiger partial charge in [0.1, 0.15) is 5.78 Å². The van der Waals surface area contributed by atoms with Gasteiger partial charge in [0.15, 0.2) is 0 Å². The Labute approximate surface area is 137 Å². The van der Waals surface area contributed by atoms with Gasteiger partial charge in [-0.05, 0) is 19.4 Å². The smallest absolute Gasteiger partial charge is 0.220 e. The summed E-state index contributed by atoms with van der Waals surface area (Å²) in [6, 6.07) is 0. The molecule has 0 bridgehead atoms. The minimum absolute atomic E-state index is 0.132. The Balaban J connectivity index is 3.27. The maximum Gasteiger partial charge on any atom is 0.220 e. The van der Waals surface area contributed by atoms with Gasteiger partial charge in [0.2, 0.25) is 5.91 Å². The minimum Gasteiger partial charge on any atom is -0.356 e. The molecule has 0 fully saturated rings. The summed E-state index contributed by atoms with van der Waals surface area (Å²) in [5.41, 5.74) is 0. The number of Topliss-reactive ketones (excluding diaryl/α,β-unsaturated/α-hetero) is 1. The van der Waals surface area contributed by atoms with Gasteiger partial charge in [-0.3, -0.25) is 9.59 Å². The molecule has 0 rings (SSSR count). The van der Waals surface area contributed by atoms with Gasteiger partial charge in [0.05, 0.1) is 6.54 Å². The van der Waals surface area contributed by atoms with E-state index in [-0.39, 0.29) is 11.7 Å².